The van der Waals surface area contributed by atoms with E-state index in [-0.39, 0.29) is 6.42 Å². The zero-order valence-corrected chi connectivity index (χ0v) is 22.6. The highest BCUT2D eigenvalue weighted by Crippen LogP contribution is 2.40. The van der Waals surface area contributed by atoms with Crippen molar-refractivity contribution < 1.29 is 24.1 Å². The predicted octanol–water partition coefficient (Wildman–Crippen LogP) is 5.61. The lowest BCUT2D eigenvalue weighted by molar-refractivity contribution is -0.137. The molecule has 2 aromatic rings. The van der Waals surface area contributed by atoms with Gasteiger partial charge in [0.2, 0.25) is 5.75 Å². The first kappa shape index (κ1) is 28.8. The summed E-state index contributed by atoms with van der Waals surface area (Å²) in [4.78, 5) is 15.6. The number of nitrogens with zero attached hydrogens (tertiary/aromatic N) is 2. The molecule has 0 amide bonds. The van der Waals surface area contributed by atoms with Crippen LogP contribution in [0.3, 0.4) is 0 Å². The minimum atomic E-state index is -0.699. The first-order chi connectivity index (χ1) is 18.1. The zero-order chi connectivity index (χ0) is 26.3. The summed E-state index contributed by atoms with van der Waals surface area (Å²) in [6, 6.07) is 14.7. The normalized spacial score (nSPS) is 14.4. The standard InChI is InChI=1S/C30H44N2O5/c1-35-27-17-16-26(24-32-20-18-31(19-21-32)23-25-13-9-8-10-14-25)29(30(27)36-2)37-22-12-7-5-3-4-6-11-15-28(33)34/h8-10,13-14,16-17H,3-7,11-12,15,18-24H2,1-2H3,(H,33,34). The smallest absolute Gasteiger partial charge is 0.303 e. The van der Waals surface area contributed by atoms with Crippen LogP contribution in [0.25, 0.3) is 0 Å². The second-order valence-electron chi connectivity index (χ2n) is 9.79. The van der Waals surface area contributed by atoms with Crippen molar-refractivity contribution in [1.29, 1.82) is 0 Å². The van der Waals surface area contributed by atoms with Gasteiger partial charge in [0.1, 0.15) is 0 Å². The van der Waals surface area contributed by atoms with Gasteiger partial charge in [0.25, 0.3) is 0 Å². The lowest BCUT2D eigenvalue weighted by Gasteiger charge is -2.35. The van der Waals surface area contributed by atoms with Gasteiger partial charge in [0.05, 0.1) is 20.8 Å². The van der Waals surface area contributed by atoms with Crippen LogP contribution < -0.4 is 14.2 Å². The van der Waals surface area contributed by atoms with E-state index in [9.17, 15) is 4.79 Å². The molecular formula is C30H44N2O5. The van der Waals surface area contributed by atoms with Crippen molar-refractivity contribution in [2.75, 3.05) is 47.0 Å². The Labute approximate surface area is 222 Å². The van der Waals surface area contributed by atoms with Crippen LogP contribution >= 0.6 is 0 Å². The number of rotatable bonds is 17. The summed E-state index contributed by atoms with van der Waals surface area (Å²) in [5.41, 5.74) is 2.50. The molecule has 1 N–H and O–H groups in total. The van der Waals surface area contributed by atoms with Gasteiger partial charge in [-0.3, -0.25) is 14.6 Å². The second kappa shape index (κ2) is 16.2. The van der Waals surface area contributed by atoms with Gasteiger partial charge < -0.3 is 19.3 Å². The van der Waals surface area contributed by atoms with Crippen molar-refractivity contribution in [2.45, 2.75) is 64.5 Å². The summed E-state index contributed by atoms with van der Waals surface area (Å²) in [5, 5.41) is 8.71. The Hall–Kier alpha value is -2.77. The molecule has 0 atom stereocenters. The highest BCUT2D eigenvalue weighted by atomic mass is 16.5. The van der Waals surface area contributed by atoms with E-state index < -0.39 is 5.97 Å². The number of hydrogen-bond acceptors (Lipinski definition) is 6. The molecule has 1 aliphatic rings. The third-order valence-electron chi connectivity index (χ3n) is 6.97. The summed E-state index contributed by atoms with van der Waals surface area (Å²) in [5.74, 6) is 1.45. The molecule has 37 heavy (non-hydrogen) atoms. The van der Waals surface area contributed by atoms with Gasteiger partial charge in [0.15, 0.2) is 11.5 Å². The molecule has 0 saturated carbocycles. The monoisotopic (exact) mass is 512 g/mol. The van der Waals surface area contributed by atoms with Crippen molar-refractivity contribution in [3.8, 4) is 17.2 Å². The molecule has 7 nitrogen and oxygen atoms in total. The number of piperazine rings is 1. The first-order valence-corrected chi connectivity index (χ1v) is 13.7. The molecule has 0 radical (unpaired) electrons. The van der Waals surface area contributed by atoms with Gasteiger partial charge in [-0.05, 0) is 24.5 Å². The van der Waals surface area contributed by atoms with Gasteiger partial charge in [0, 0.05) is 51.3 Å². The van der Waals surface area contributed by atoms with Crippen LogP contribution in [0.2, 0.25) is 0 Å². The van der Waals surface area contributed by atoms with E-state index in [2.05, 4.69) is 46.2 Å². The zero-order valence-electron chi connectivity index (χ0n) is 22.6. The van der Waals surface area contributed by atoms with Crippen molar-refractivity contribution in [3.05, 3.63) is 53.6 Å². The maximum absolute atomic E-state index is 10.6. The Kier molecular flexibility index (Phi) is 12.6. The molecule has 0 spiro atoms. The van der Waals surface area contributed by atoms with Crippen LogP contribution in [0, 0.1) is 0 Å². The van der Waals surface area contributed by atoms with Crippen molar-refractivity contribution >= 4 is 5.97 Å². The fourth-order valence-corrected chi connectivity index (χ4v) is 4.85. The number of hydrogen-bond donors (Lipinski definition) is 1. The minimum Gasteiger partial charge on any atom is -0.493 e. The molecule has 1 saturated heterocycles. The number of carbonyl (C=O) groups is 1. The van der Waals surface area contributed by atoms with E-state index in [1.54, 1.807) is 14.2 Å². The number of carboxylic acids is 1. The number of methoxy groups -OCH3 is 2. The Morgan fingerprint density at radius 3 is 2.00 bits per heavy atom. The summed E-state index contributed by atoms with van der Waals surface area (Å²) in [6.45, 7) is 6.61. The summed E-state index contributed by atoms with van der Waals surface area (Å²) < 4.78 is 17.6. The Bertz CT molecular complexity index is 929. The van der Waals surface area contributed by atoms with Crippen LogP contribution in [0.1, 0.15) is 62.5 Å². The summed E-state index contributed by atoms with van der Waals surface area (Å²) in [7, 11) is 3.32. The quantitative estimate of drug-likeness (QED) is 0.276. The predicted molar refractivity (Wildman–Crippen MR) is 147 cm³/mol. The maximum atomic E-state index is 10.6. The van der Waals surface area contributed by atoms with E-state index >= 15 is 0 Å². The molecule has 0 unspecified atom stereocenters. The van der Waals surface area contributed by atoms with Crippen LogP contribution in [0.4, 0.5) is 0 Å². The molecule has 2 aromatic carbocycles. The topological polar surface area (TPSA) is 71.5 Å². The van der Waals surface area contributed by atoms with Gasteiger partial charge in [-0.25, -0.2) is 0 Å². The highest BCUT2D eigenvalue weighted by Gasteiger charge is 2.22. The number of benzene rings is 2. The molecule has 1 aliphatic heterocycles. The fourth-order valence-electron chi connectivity index (χ4n) is 4.85. The second-order valence-corrected chi connectivity index (χ2v) is 9.79. The number of aliphatic carboxylic acids is 1. The van der Waals surface area contributed by atoms with Gasteiger partial charge >= 0.3 is 5.97 Å². The number of unbranched alkanes of at least 4 members (excludes halogenated alkanes) is 6. The maximum Gasteiger partial charge on any atom is 0.303 e. The molecule has 3 rings (SSSR count). The lowest BCUT2D eigenvalue weighted by Crippen LogP contribution is -2.45. The Morgan fingerprint density at radius 2 is 1.38 bits per heavy atom. The molecule has 0 aliphatic carbocycles. The van der Waals surface area contributed by atoms with E-state index in [0.717, 1.165) is 95.5 Å². The van der Waals surface area contributed by atoms with Crippen molar-refractivity contribution in [3.63, 3.8) is 0 Å². The van der Waals surface area contributed by atoms with E-state index in [0.29, 0.717) is 18.1 Å². The number of carboxylic acid groups (broad SMARTS) is 1. The Morgan fingerprint density at radius 1 is 0.757 bits per heavy atom. The molecular weight excluding hydrogens is 468 g/mol. The highest BCUT2D eigenvalue weighted by molar-refractivity contribution is 5.66. The van der Waals surface area contributed by atoms with Gasteiger partial charge in [-0.15, -0.1) is 0 Å². The molecule has 1 heterocycles. The SMILES string of the molecule is COc1ccc(CN2CCN(Cc3ccccc3)CC2)c(OCCCCCCCCCC(=O)O)c1OC. The van der Waals surface area contributed by atoms with E-state index in [4.69, 9.17) is 19.3 Å². The summed E-state index contributed by atoms with van der Waals surface area (Å²) >= 11 is 0. The van der Waals surface area contributed by atoms with Crippen LogP contribution in [-0.4, -0.2) is 67.9 Å². The average Bonchev–Trinajstić information content (AvgIpc) is 2.91. The van der Waals surface area contributed by atoms with Crippen LogP contribution in [0.5, 0.6) is 17.2 Å². The van der Waals surface area contributed by atoms with Gasteiger partial charge in [-0.2, -0.15) is 0 Å². The molecule has 204 valence electrons. The first-order valence-electron chi connectivity index (χ1n) is 13.7. The number of ether oxygens (including phenoxy) is 3. The molecule has 0 aromatic heterocycles. The lowest BCUT2D eigenvalue weighted by atomic mass is 10.1. The molecule has 7 heteroatoms. The van der Waals surface area contributed by atoms with Crippen molar-refractivity contribution in [1.82, 2.24) is 9.80 Å². The van der Waals surface area contributed by atoms with Crippen molar-refractivity contribution in [2.24, 2.45) is 0 Å². The largest absolute Gasteiger partial charge is 0.493 e. The minimum absolute atomic E-state index is 0.280. The molecule has 0 bridgehead atoms. The van der Waals surface area contributed by atoms with Gasteiger partial charge in [-0.1, -0.05) is 68.5 Å². The van der Waals surface area contributed by atoms with E-state index in [1.165, 1.54) is 5.56 Å². The fraction of sp³-hybridized carbons (Fsp3) is 0.567. The van der Waals surface area contributed by atoms with E-state index in [1.807, 2.05) is 6.07 Å². The third-order valence-corrected chi connectivity index (χ3v) is 6.97. The molecule has 1 fully saturated rings. The Balaban J connectivity index is 1.46. The summed E-state index contributed by atoms with van der Waals surface area (Å²) in [6.07, 6.45) is 7.52. The van der Waals surface area contributed by atoms with Crippen LogP contribution in [0.15, 0.2) is 42.5 Å². The average molecular weight is 513 g/mol. The van der Waals surface area contributed by atoms with Crippen LogP contribution in [-0.2, 0) is 17.9 Å². The third kappa shape index (κ3) is 9.90.